The van der Waals surface area contributed by atoms with Crippen LogP contribution in [0, 0.1) is 13.8 Å². The smallest absolute Gasteiger partial charge is 0.240 e. The quantitative estimate of drug-likeness (QED) is 0.663. The number of aromatic nitrogens is 2. The Balaban J connectivity index is 1.58. The molecule has 154 valence electrons. The highest BCUT2D eigenvalue weighted by atomic mass is 32.2. The van der Waals surface area contributed by atoms with Crippen molar-refractivity contribution in [3.63, 3.8) is 0 Å². The van der Waals surface area contributed by atoms with Gasteiger partial charge in [-0.25, -0.2) is 13.1 Å². The third kappa shape index (κ3) is 4.15. The highest BCUT2D eigenvalue weighted by Gasteiger charge is 2.24. The van der Waals surface area contributed by atoms with Gasteiger partial charge in [-0.15, -0.1) is 0 Å². The highest BCUT2D eigenvalue weighted by Crippen LogP contribution is 2.32. The molecule has 0 amide bonds. The lowest BCUT2D eigenvalue weighted by Crippen LogP contribution is -2.32. The second kappa shape index (κ2) is 7.92. The Morgan fingerprint density at radius 1 is 1.14 bits per heavy atom. The molecule has 1 atom stereocenters. The summed E-state index contributed by atoms with van der Waals surface area (Å²) in [7, 11) is -3.77. The number of nitrogens with one attached hydrogen (secondary N) is 1. The van der Waals surface area contributed by atoms with Crippen molar-refractivity contribution in [3.8, 4) is 11.5 Å². The molecule has 4 rings (SSSR count). The molecule has 0 spiro atoms. The number of aryl methyl sites for hydroxylation is 2. The Morgan fingerprint density at radius 3 is 2.62 bits per heavy atom. The van der Waals surface area contributed by atoms with Gasteiger partial charge < -0.3 is 13.9 Å². The Labute approximate surface area is 169 Å². The van der Waals surface area contributed by atoms with Crippen LogP contribution in [0.1, 0.15) is 29.6 Å². The van der Waals surface area contributed by atoms with Crippen LogP contribution in [0.5, 0.6) is 11.5 Å². The molecule has 1 N–H and O–H groups in total. The molecule has 0 fully saturated rings. The maximum atomic E-state index is 12.9. The molecule has 8 nitrogen and oxygen atoms in total. The third-order valence-electron chi connectivity index (χ3n) is 4.71. The van der Waals surface area contributed by atoms with E-state index in [0.717, 1.165) is 17.8 Å². The van der Waals surface area contributed by atoms with E-state index in [1.54, 1.807) is 23.1 Å². The monoisotopic (exact) mass is 417 g/mol. The molecule has 1 aliphatic heterocycles. The first-order valence-electron chi connectivity index (χ1n) is 9.39. The molecule has 3 aromatic rings. The zero-order valence-corrected chi connectivity index (χ0v) is 17.1. The number of furan rings is 1. The zero-order valence-electron chi connectivity index (χ0n) is 16.3. The van der Waals surface area contributed by atoms with E-state index in [-0.39, 0.29) is 11.4 Å². The van der Waals surface area contributed by atoms with E-state index in [4.69, 9.17) is 13.9 Å². The van der Waals surface area contributed by atoms with Crippen molar-refractivity contribution in [1.82, 2.24) is 14.5 Å². The van der Waals surface area contributed by atoms with Gasteiger partial charge in [0.2, 0.25) is 10.0 Å². The fourth-order valence-corrected chi connectivity index (χ4v) is 4.39. The van der Waals surface area contributed by atoms with Gasteiger partial charge in [0.1, 0.15) is 11.8 Å². The highest BCUT2D eigenvalue weighted by molar-refractivity contribution is 7.89. The van der Waals surface area contributed by atoms with Crippen LogP contribution < -0.4 is 14.2 Å². The zero-order chi connectivity index (χ0) is 20.4. The van der Waals surface area contributed by atoms with Gasteiger partial charge in [-0.2, -0.15) is 5.10 Å². The summed E-state index contributed by atoms with van der Waals surface area (Å²) in [5.41, 5.74) is 1.77. The summed E-state index contributed by atoms with van der Waals surface area (Å²) in [5.74, 6) is 1.61. The van der Waals surface area contributed by atoms with Crippen molar-refractivity contribution < 1.29 is 22.3 Å². The predicted octanol–water partition coefficient (Wildman–Crippen LogP) is 2.82. The standard InChI is InChI=1S/C20H23N3O5S/c1-14-11-15(2)23(22-14)17(18-5-3-8-26-18)13-21-29(24,25)16-6-7-19-20(12-16)28-10-4-9-27-19/h3,5-8,11-12,17,21H,4,9-10,13H2,1-2H3. The Hall–Kier alpha value is -2.78. The summed E-state index contributed by atoms with van der Waals surface area (Å²) in [6.07, 6.45) is 2.31. The van der Waals surface area contributed by atoms with E-state index >= 15 is 0 Å². The third-order valence-corrected chi connectivity index (χ3v) is 6.13. The van der Waals surface area contributed by atoms with E-state index in [0.29, 0.717) is 30.5 Å². The molecule has 0 saturated carbocycles. The predicted molar refractivity (Wildman–Crippen MR) is 106 cm³/mol. The van der Waals surface area contributed by atoms with Crippen LogP contribution in [0.2, 0.25) is 0 Å². The topological polar surface area (TPSA) is 95.6 Å². The van der Waals surface area contributed by atoms with Gasteiger partial charge in [-0.05, 0) is 44.2 Å². The lowest BCUT2D eigenvalue weighted by Gasteiger charge is -2.18. The van der Waals surface area contributed by atoms with Crippen molar-refractivity contribution in [2.24, 2.45) is 0 Å². The van der Waals surface area contributed by atoms with Gasteiger partial charge in [0, 0.05) is 24.7 Å². The van der Waals surface area contributed by atoms with Crippen LogP contribution in [0.4, 0.5) is 0 Å². The van der Waals surface area contributed by atoms with Crippen molar-refractivity contribution in [2.45, 2.75) is 31.2 Å². The fraction of sp³-hybridized carbons (Fsp3) is 0.350. The first-order chi connectivity index (χ1) is 13.9. The number of benzene rings is 1. The molecule has 0 aliphatic carbocycles. The summed E-state index contributed by atoms with van der Waals surface area (Å²) in [4.78, 5) is 0.119. The van der Waals surface area contributed by atoms with Gasteiger partial charge in [0.15, 0.2) is 11.5 Å². The molecule has 1 aliphatic rings. The van der Waals surface area contributed by atoms with Crippen molar-refractivity contribution in [2.75, 3.05) is 19.8 Å². The molecule has 9 heteroatoms. The first-order valence-corrected chi connectivity index (χ1v) is 10.9. The normalized spacial score (nSPS) is 15.1. The molecule has 0 radical (unpaired) electrons. The average molecular weight is 417 g/mol. The van der Waals surface area contributed by atoms with Gasteiger partial charge in [0.05, 0.1) is 30.1 Å². The van der Waals surface area contributed by atoms with Crippen LogP contribution in [-0.2, 0) is 10.0 Å². The van der Waals surface area contributed by atoms with E-state index < -0.39 is 16.1 Å². The number of hydrogen-bond acceptors (Lipinski definition) is 6. The number of ether oxygens (including phenoxy) is 2. The number of rotatable bonds is 6. The molecule has 1 aromatic carbocycles. The molecule has 0 bridgehead atoms. The van der Waals surface area contributed by atoms with E-state index in [9.17, 15) is 8.42 Å². The largest absolute Gasteiger partial charge is 0.490 e. The summed E-state index contributed by atoms with van der Waals surface area (Å²) in [5, 5.41) is 4.49. The maximum absolute atomic E-state index is 12.9. The molecule has 29 heavy (non-hydrogen) atoms. The van der Waals surface area contributed by atoms with Crippen LogP contribution in [0.25, 0.3) is 0 Å². The minimum Gasteiger partial charge on any atom is -0.490 e. The van der Waals surface area contributed by atoms with E-state index in [1.165, 1.54) is 12.1 Å². The lowest BCUT2D eigenvalue weighted by atomic mass is 10.2. The Kier molecular flexibility index (Phi) is 5.33. The second-order valence-corrected chi connectivity index (χ2v) is 8.68. The second-order valence-electron chi connectivity index (χ2n) is 6.91. The van der Waals surface area contributed by atoms with Gasteiger partial charge in [-0.1, -0.05) is 0 Å². The van der Waals surface area contributed by atoms with Crippen LogP contribution in [-0.4, -0.2) is 38.0 Å². The summed E-state index contributed by atoms with van der Waals surface area (Å²) in [6, 6.07) is 9.74. The van der Waals surface area contributed by atoms with Crippen LogP contribution in [0.15, 0.2) is 52.0 Å². The summed E-state index contributed by atoms with van der Waals surface area (Å²) >= 11 is 0. The van der Waals surface area contributed by atoms with Crippen LogP contribution in [0.3, 0.4) is 0 Å². The maximum Gasteiger partial charge on any atom is 0.240 e. The van der Waals surface area contributed by atoms with Gasteiger partial charge in [-0.3, -0.25) is 4.68 Å². The fourth-order valence-electron chi connectivity index (χ4n) is 3.33. The first kappa shape index (κ1) is 19.5. The average Bonchev–Trinajstić information content (AvgIpc) is 3.25. The molecular weight excluding hydrogens is 394 g/mol. The van der Waals surface area contributed by atoms with Crippen LogP contribution >= 0.6 is 0 Å². The Bertz CT molecular complexity index is 1090. The summed E-state index contributed by atoms with van der Waals surface area (Å²) in [6.45, 7) is 4.94. The lowest BCUT2D eigenvalue weighted by molar-refractivity contribution is 0.297. The van der Waals surface area contributed by atoms with Crippen molar-refractivity contribution >= 4 is 10.0 Å². The minimum absolute atomic E-state index is 0.0895. The minimum atomic E-state index is -3.77. The molecule has 3 heterocycles. The van der Waals surface area contributed by atoms with E-state index in [1.807, 2.05) is 26.0 Å². The number of sulfonamides is 1. The molecule has 1 unspecified atom stereocenters. The van der Waals surface area contributed by atoms with Crippen molar-refractivity contribution in [3.05, 3.63) is 59.8 Å². The number of fused-ring (bicyclic) bond motifs is 1. The summed E-state index contributed by atoms with van der Waals surface area (Å²) < 4.78 is 47.0. The van der Waals surface area contributed by atoms with Crippen molar-refractivity contribution in [1.29, 1.82) is 0 Å². The molecular formula is C20H23N3O5S. The molecule has 2 aromatic heterocycles. The number of hydrogen-bond donors (Lipinski definition) is 1. The molecule has 0 saturated heterocycles. The SMILES string of the molecule is Cc1cc(C)n(C(CNS(=O)(=O)c2ccc3c(c2)OCCCO3)c2ccco2)n1. The van der Waals surface area contributed by atoms with E-state index in [2.05, 4.69) is 9.82 Å². The number of nitrogens with zero attached hydrogens (tertiary/aromatic N) is 2. The van der Waals surface area contributed by atoms with Gasteiger partial charge >= 0.3 is 0 Å². The Morgan fingerprint density at radius 2 is 1.93 bits per heavy atom. The van der Waals surface area contributed by atoms with Gasteiger partial charge in [0.25, 0.3) is 0 Å².